The number of alkyl halides is 1. The van der Waals surface area contributed by atoms with Crippen molar-refractivity contribution in [3.63, 3.8) is 0 Å². The predicted molar refractivity (Wildman–Crippen MR) is 88.2 cm³/mol. The standard InChI is InChI=1S/C16H18FN3O2S/c1-16(2,17)12-6-13(20-14(21)8-19(3)15(20)22)18-7-11(12)10-4-5-23-9-10/h4-7,9,14,21H,8H2,1-3H3. The van der Waals surface area contributed by atoms with Crippen LogP contribution in [0.3, 0.4) is 0 Å². The molecule has 0 aromatic carbocycles. The van der Waals surface area contributed by atoms with Crippen LogP contribution in [0.2, 0.25) is 0 Å². The first-order valence-electron chi connectivity index (χ1n) is 7.23. The molecule has 3 rings (SSSR count). The Bertz CT molecular complexity index is 727. The first kappa shape index (κ1) is 15.9. The smallest absolute Gasteiger partial charge is 0.327 e. The van der Waals surface area contributed by atoms with E-state index in [0.29, 0.717) is 11.1 Å². The first-order valence-corrected chi connectivity index (χ1v) is 8.17. The van der Waals surface area contributed by atoms with Crippen molar-refractivity contribution >= 4 is 23.2 Å². The zero-order valence-electron chi connectivity index (χ0n) is 13.2. The Morgan fingerprint density at radius 1 is 1.48 bits per heavy atom. The number of anilines is 1. The molecule has 7 heteroatoms. The third-order valence-corrected chi connectivity index (χ3v) is 4.56. The van der Waals surface area contributed by atoms with E-state index in [-0.39, 0.29) is 18.4 Å². The van der Waals surface area contributed by atoms with Crippen LogP contribution in [0.15, 0.2) is 29.1 Å². The lowest BCUT2D eigenvalue weighted by molar-refractivity contribution is 0.183. The third kappa shape index (κ3) is 2.82. The van der Waals surface area contributed by atoms with Gasteiger partial charge in [0.05, 0.1) is 6.54 Å². The van der Waals surface area contributed by atoms with E-state index >= 15 is 0 Å². The monoisotopic (exact) mass is 335 g/mol. The molecule has 1 aliphatic heterocycles. The summed E-state index contributed by atoms with van der Waals surface area (Å²) in [5.74, 6) is 0.256. The lowest BCUT2D eigenvalue weighted by Crippen LogP contribution is -2.35. The van der Waals surface area contributed by atoms with Crippen LogP contribution in [0, 0.1) is 0 Å². The van der Waals surface area contributed by atoms with Crippen molar-refractivity contribution < 1.29 is 14.3 Å². The number of amides is 2. The van der Waals surface area contributed by atoms with E-state index in [1.165, 1.54) is 35.0 Å². The summed E-state index contributed by atoms with van der Waals surface area (Å²) in [7, 11) is 1.60. The van der Waals surface area contributed by atoms with Gasteiger partial charge in [-0.05, 0) is 42.3 Å². The van der Waals surface area contributed by atoms with Gasteiger partial charge in [-0.15, -0.1) is 0 Å². The van der Waals surface area contributed by atoms with Crippen LogP contribution in [0.4, 0.5) is 15.0 Å². The summed E-state index contributed by atoms with van der Waals surface area (Å²) < 4.78 is 14.7. The number of thiophene rings is 1. The fraction of sp³-hybridized carbons (Fsp3) is 0.375. The lowest BCUT2D eigenvalue weighted by atomic mass is 9.93. The average molecular weight is 335 g/mol. The lowest BCUT2D eigenvalue weighted by Gasteiger charge is -2.23. The number of halogens is 1. The van der Waals surface area contributed by atoms with Gasteiger partial charge in [-0.25, -0.2) is 19.1 Å². The third-order valence-electron chi connectivity index (χ3n) is 3.88. The Balaban J connectivity index is 2.10. The minimum atomic E-state index is -1.60. The highest BCUT2D eigenvalue weighted by Crippen LogP contribution is 2.37. The summed E-state index contributed by atoms with van der Waals surface area (Å²) in [6, 6.07) is 3.10. The van der Waals surface area contributed by atoms with Crippen LogP contribution < -0.4 is 4.90 Å². The normalized spacial score (nSPS) is 18.8. The number of urea groups is 1. The maximum Gasteiger partial charge on any atom is 0.327 e. The quantitative estimate of drug-likeness (QED) is 0.937. The summed E-state index contributed by atoms with van der Waals surface area (Å²) in [6.45, 7) is 3.13. The Labute approximate surface area is 138 Å². The number of aromatic nitrogens is 1. The second kappa shape index (κ2) is 5.58. The number of aliphatic hydroxyl groups is 1. The molecule has 0 spiro atoms. The van der Waals surface area contributed by atoms with Gasteiger partial charge in [-0.1, -0.05) is 0 Å². The number of pyridine rings is 1. The highest BCUT2D eigenvalue weighted by molar-refractivity contribution is 7.08. The number of β-amino-alcohol motifs (C(OH)–C–C–N with tert-alkyl or cyclic N) is 1. The molecule has 3 heterocycles. The maximum absolute atomic E-state index is 14.7. The SMILES string of the molecule is CN1CC(O)N(c2cc(C(C)(C)F)c(-c3ccsc3)cn2)C1=O. The number of carbonyl (C=O) groups is 1. The molecular formula is C16H18FN3O2S. The van der Waals surface area contributed by atoms with Crippen LogP contribution in [0.1, 0.15) is 19.4 Å². The molecule has 0 bridgehead atoms. The summed E-state index contributed by atoms with van der Waals surface area (Å²) in [5, 5.41) is 13.9. The van der Waals surface area contributed by atoms with Gasteiger partial charge in [0.1, 0.15) is 11.5 Å². The average Bonchev–Trinajstić information content (AvgIpc) is 3.07. The summed E-state index contributed by atoms with van der Waals surface area (Å²) in [6.07, 6.45) is 0.578. The molecule has 1 N–H and O–H groups in total. The molecule has 1 unspecified atom stereocenters. The first-order chi connectivity index (χ1) is 10.8. The number of nitrogens with zero attached hydrogens (tertiary/aromatic N) is 3. The summed E-state index contributed by atoms with van der Waals surface area (Å²) in [4.78, 5) is 19.0. The molecule has 2 aromatic rings. The number of aliphatic hydroxyl groups excluding tert-OH is 1. The Morgan fingerprint density at radius 3 is 2.74 bits per heavy atom. The van der Waals surface area contributed by atoms with E-state index in [1.807, 2.05) is 16.8 Å². The van der Waals surface area contributed by atoms with Gasteiger partial charge in [0, 0.05) is 24.4 Å². The van der Waals surface area contributed by atoms with Gasteiger partial charge in [-0.2, -0.15) is 11.3 Å². The van der Waals surface area contributed by atoms with E-state index in [1.54, 1.807) is 19.3 Å². The van der Waals surface area contributed by atoms with Crippen molar-refractivity contribution in [3.8, 4) is 11.1 Å². The zero-order chi connectivity index (χ0) is 16.8. The fourth-order valence-corrected chi connectivity index (χ4v) is 3.34. The molecule has 2 aromatic heterocycles. The Kier molecular flexibility index (Phi) is 3.85. The van der Waals surface area contributed by atoms with Gasteiger partial charge in [0.25, 0.3) is 0 Å². The van der Waals surface area contributed by atoms with Gasteiger partial charge < -0.3 is 10.0 Å². The van der Waals surface area contributed by atoms with Gasteiger partial charge in [0.2, 0.25) is 0 Å². The molecule has 122 valence electrons. The summed E-state index contributed by atoms with van der Waals surface area (Å²) >= 11 is 1.52. The summed E-state index contributed by atoms with van der Waals surface area (Å²) in [5.41, 5.74) is 0.418. The molecule has 0 saturated carbocycles. The predicted octanol–water partition coefficient (Wildman–Crippen LogP) is 3.20. The van der Waals surface area contributed by atoms with Crippen molar-refractivity contribution in [2.45, 2.75) is 25.7 Å². The highest BCUT2D eigenvalue weighted by atomic mass is 32.1. The number of carbonyl (C=O) groups excluding carboxylic acids is 1. The molecule has 1 aliphatic rings. The van der Waals surface area contributed by atoms with E-state index in [2.05, 4.69) is 4.98 Å². The number of hydrogen-bond donors (Lipinski definition) is 1. The van der Waals surface area contributed by atoms with Gasteiger partial charge >= 0.3 is 6.03 Å². The van der Waals surface area contributed by atoms with E-state index in [9.17, 15) is 14.3 Å². The van der Waals surface area contributed by atoms with Crippen molar-refractivity contribution in [2.75, 3.05) is 18.5 Å². The molecular weight excluding hydrogens is 317 g/mol. The topological polar surface area (TPSA) is 56.7 Å². The van der Waals surface area contributed by atoms with Crippen LogP contribution in [-0.4, -0.2) is 40.8 Å². The fourth-order valence-electron chi connectivity index (χ4n) is 2.68. The molecule has 1 fully saturated rings. The molecule has 2 amide bonds. The second-order valence-corrected chi connectivity index (χ2v) is 6.87. The van der Waals surface area contributed by atoms with Gasteiger partial charge in [0.15, 0.2) is 6.23 Å². The van der Waals surface area contributed by atoms with Crippen LogP contribution in [0.25, 0.3) is 11.1 Å². The number of hydrogen-bond acceptors (Lipinski definition) is 4. The Hall–Kier alpha value is -1.99. The van der Waals surface area contributed by atoms with Crippen LogP contribution in [-0.2, 0) is 5.67 Å². The molecule has 5 nitrogen and oxygen atoms in total. The molecule has 23 heavy (non-hydrogen) atoms. The maximum atomic E-state index is 14.7. The second-order valence-electron chi connectivity index (χ2n) is 6.09. The van der Waals surface area contributed by atoms with Crippen molar-refractivity contribution in [1.29, 1.82) is 0 Å². The Morgan fingerprint density at radius 2 is 2.22 bits per heavy atom. The van der Waals surface area contributed by atoms with Gasteiger partial charge in [-0.3, -0.25) is 0 Å². The van der Waals surface area contributed by atoms with E-state index in [4.69, 9.17) is 0 Å². The largest absolute Gasteiger partial charge is 0.371 e. The molecule has 0 radical (unpaired) electrons. The number of rotatable bonds is 3. The molecule has 1 atom stereocenters. The molecule has 0 aliphatic carbocycles. The van der Waals surface area contributed by atoms with Crippen molar-refractivity contribution in [2.24, 2.45) is 0 Å². The van der Waals surface area contributed by atoms with E-state index in [0.717, 1.165) is 5.56 Å². The number of likely N-dealkylation sites (N-methyl/N-ethyl adjacent to an activating group) is 1. The minimum Gasteiger partial charge on any atom is -0.371 e. The highest BCUT2D eigenvalue weighted by Gasteiger charge is 2.37. The van der Waals surface area contributed by atoms with Crippen LogP contribution >= 0.6 is 11.3 Å². The van der Waals surface area contributed by atoms with Crippen molar-refractivity contribution in [1.82, 2.24) is 9.88 Å². The zero-order valence-corrected chi connectivity index (χ0v) is 14.0. The van der Waals surface area contributed by atoms with Crippen LogP contribution in [0.5, 0.6) is 0 Å². The molecule has 1 saturated heterocycles. The van der Waals surface area contributed by atoms with E-state index < -0.39 is 11.9 Å². The minimum absolute atomic E-state index is 0.196. The van der Waals surface area contributed by atoms with Crippen molar-refractivity contribution in [3.05, 3.63) is 34.7 Å².